The van der Waals surface area contributed by atoms with E-state index in [4.69, 9.17) is 11.6 Å². The fourth-order valence-electron chi connectivity index (χ4n) is 3.59. The topological polar surface area (TPSA) is 87.3 Å². The number of benzene rings is 4. The lowest BCUT2D eigenvalue weighted by atomic mass is 10.1. The van der Waals surface area contributed by atoms with Crippen LogP contribution in [0, 0.1) is 3.57 Å². The van der Waals surface area contributed by atoms with Crippen LogP contribution in [0.5, 0.6) is 0 Å². The lowest BCUT2D eigenvalue weighted by molar-refractivity contribution is -0.115. The molecule has 0 bridgehead atoms. The Bertz CT molecular complexity index is 1550. The minimum Gasteiger partial charge on any atom is -0.325 e. The third-order valence-electron chi connectivity index (χ3n) is 5.57. The van der Waals surface area contributed by atoms with Gasteiger partial charge in [0.1, 0.15) is 5.70 Å². The van der Waals surface area contributed by atoms with Crippen LogP contribution in [-0.2, 0) is 9.59 Å². The third-order valence-corrected chi connectivity index (χ3v) is 7.62. The molecule has 9 heteroatoms. The van der Waals surface area contributed by atoms with Crippen molar-refractivity contribution in [2.75, 3.05) is 10.6 Å². The number of carbonyl (C=O) groups excluding carboxylic acids is 3. The van der Waals surface area contributed by atoms with Crippen molar-refractivity contribution in [3.8, 4) is 0 Å². The van der Waals surface area contributed by atoms with Crippen LogP contribution in [-0.4, -0.2) is 23.0 Å². The summed E-state index contributed by atoms with van der Waals surface area (Å²) in [5.74, 6) is -1.05. The highest BCUT2D eigenvalue weighted by atomic mass is 127. The van der Waals surface area contributed by atoms with Crippen molar-refractivity contribution in [1.29, 1.82) is 0 Å². The molecule has 0 aliphatic rings. The molecule has 4 aromatic rings. The Morgan fingerprint density at radius 1 is 0.825 bits per heavy atom. The highest BCUT2D eigenvalue weighted by Gasteiger charge is 2.17. The first-order valence-corrected chi connectivity index (χ1v) is 14.6. The molecule has 0 radical (unpaired) electrons. The lowest BCUT2D eigenvalue weighted by Gasteiger charge is -2.14. The molecule has 4 rings (SSSR count). The lowest BCUT2D eigenvalue weighted by Crippen LogP contribution is -2.30. The molecule has 4 aromatic carbocycles. The number of halogens is 2. The molecule has 0 saturated heterocycles. The molecule has 0 heterocycles. The molecule has 0 fully saturated rings. The molecule has 1 atom stereocenters. The molecule has 0 aliphatic heterocycles. The van der Waals surface area contributed by atoms with Crippen molar-refractivity contribution in [3.63, 3.8) is 0 Å². The maximum atomic E-state index is 13.3. The summed E-state index contributed by atoms with van der Waals surface area (Å²) in [6.07, 6.45) is 1.57. The SMILES string of the molecule is CC(Sc1cccc(NC(=O)/C(=C/c2cccc(Cl)c2)NC(=O)c2ccccc2)c1)C(=O)Nc1ccc(I)cc1. The molecule has 0 aromatic heterocycles. The summed E-state index contributed by atoms with van der Waals surface area (Å²) in [4.78, 5) is 39.7. The summed E-state index contributed by atoms with van der Waals surface area (Å²) in [6, 6.07) is 30.4. The van der Waals surface area contributed by atoms with E-state index >= 15 is 0 Å². The normalized spacial score (nSPS) is 11.8. The van der Waals surface area contributed by atoms with E-state index < -0.39 is 11.8 Å². The first-order valence-electron chi connectivity index (χ1n) is 12.2. The van der Waals surface area contributed by atoms with Crippen LogP contribution in [0.25, 0.3) is 6.08 Å². The zero-order valence-electron chi connectivity index (χ0n) is 21.4. The Hall–Kier alpha value is -3.60. The van der Waals surface area contributed by atoms with E-state index in [0.29, 0.717) is 21.8 Å². The fourth-order valence-corrected chi connectivity index (χ4v) is 5.07. The highest BCUT2D eigenvalue weighted by molar-refractivity contribution is 14.1. The Balaban J connectivity index is 1.47. The first kappa shape index (κ1) is 29.4. The summed E-state index contributed by atoms with van der Waals surface area (Å²) in [6.45, 7) is 1.82. The van der Waals surface area contributed by atoms with Gasteiger partial charge in [-0.25, -0.2) is 0 Å². The second-order valence-corrected chi connectivity index (χ2v) is 11.8. The summed E-state index contributed by atoms with van der Waals surface area (Å²) >= 11 is 9.71. The van der Waals surface area contributed by atoms with Crippen LogP contribution in [0.4, 0.5) is 11.4 Å². The van der Waals surface area contributed by atoms with Crippen LogP contribution >= 0.6 is 46.0 Å². The number of hydrogen-bond donors (Lipinski definition) is 3. The number of thioether (sulfide) groups is 1. The summed E-state index contributed by atoms with van der Waals surface area (Å²) in [7, 11) is 0. The predicted octanol–water partition coefficient (Wildman–Crippen LogP) is 7.47. The Kier molecular flexibility index (Phi) is 10.4. The Labute approximate surface area is 255 Å². The standard InChI is InChI=1S/C31H25ClIN3O3S/c1-20(29(37)34-25-15-13-24(33)14-16-25)40-27-12-6-11-26(19-27)35-31(39)28(18-21-7-5-10-23(32)17-21)36-30(38)22-8-3-2-4-9-22/h2-20H,1H3,(H,34,37)(H,35,39)(H,36,38)/b28-18-. The molecule has 6 nitrogen and oxygen atoms in total. The van der Waals surface area contributed by atoms with Gasteiger partial charge in [0, 0.05) is 30.4 Å². The molecule has 3 amide bonds. The van der Waals surface area contributed by atoms with Crippen LogP contribution in [0.1, 0.15) is 22.8 Å². The van der Waals surface area contributed by atoms with E-state index in [9.17, 15) is 14.4 Å². The van der Waals surface area contributed by atoms with Crippen molar-refractivity contribution in [2.45, 2.75) is 17.1 Å². The zero-order valence-corrected chi connectivity index (χ0v) is 25.1. The molecular weight excluding hydrogens is 657 g/mol. The van der Waals surface area contributed by atoms with Gasteiger partial charge in [0.25, 0.3) is 11.8 Å². The van der Waals surface area contributed by atoms with Gasteiger partial charge in [0.15, 0.2) is 0 Å². The first-order chi connectivity index (χ1) is 19.3. The van der Waals surface area contributed by atoms with E-state index in [0.717, 1.165) is 14.2 Å². The average molecular weight is 682 g/mol. The van der Waals surface area contributed by atoms with E-state index in [2.05, 4.69) is 38.5 Å². The van der Waals surface area contributed by atoms with E-state index in [-0.39, 0.29) is 16.9 Å². The summed E-state index contributed by atoms with van der Waals surface area (Å²) in [5, 5.41) is 8.62. The van der Waals surface area contributed by atoms with Gasteiger partial charge in [-0.3, -0.25) is 14.4 Å². The minimum absolute atomic E-state index is 0.0550. The predicted molar refractivity (Wildman–Crippen MR) is 172 cm³/mol. The maximum Gasteiger partial charge on any atom is 0.272 e. The van der Waals surface area contributed by atoms with E-state index in [1.54, 1.807) is 72.8 Å². The molecular formula is C31H25ClIN3O3S. The van der Waals surface area contributed by atoms with Crippen molar-refractivity contribution in [1.82, 2.24) is 5.32 Å². The van der Waals surface area contributed by atoms with E-state index in [1.165, 1.54) is 11.8 Å². The van der Waals surface area contributed by atoms with Crippen molar-refractivity contribution >= 4 is 81.1 Å². The monoisotopic (exact) mass is 681 g/mol. The zero-order chi connectivity index (χ0) is 28.5. The third kappa shape index (κ3) is 8.70. The van der Waals surface area contributed by atoms with Crippen LogP contribution < -0.4 is 16.0 Å². The van der Waals surface area contributed by atoms with Crippen molar-refractivity contribution in [2.24, 2.45) is 0 Å². The smallest absolute Gasteiger partial charge is 0.272 e. The van der Waals surface area contributed by atoms with Gasteiger partial charge in [-0.05, 0) is 108 Å². The second-order valence-electron chi connectivity index (χ2n) is 8.67. The average Bonchev–Trinajstić information content (AvgIpc) is 2.94. The Morgan fingerprint density at radius 3 is 2.27 bits per heavy atom. The van der Waals surface area contributed by atoms with Gasteiger partial charge < -0.3 is 16.0 Å². The van der Waals surface area contributed by atoms with Crippen molar-refractivity contribution < 1.29 is 14.4 Å². The molecule has 0 spiro atoms. The molecule has 1 unspecified atom stereocenters. The van der Waals surface area contributed by atoms with Gasteiger partial charge >= 0.3 is 0 Å². The molecule has 0 aliphatic carbocycles. The van der Waals surface area contributed by atoms with Gasteiger partial charge in [-0.2, -0.15) is 0 Å². The largest absolute Gasteiger partial charge is 0.325 e. The van der Waals surface area contributed by atoms with E-state index in [1.807, 2.05) is 43.3 Å². The fraction of sp³-hybridized carbons (Fsp3) is 0.0645. The van der Waals surface area contributed by atoms with Crippen molar-refractivity contribution in [3.05, 3.63) is 129 Å². The van der Waals surface area contributed by atoms with Gasteiger partial charge in [-0.1, -0.05) is 48.0 Å². The minimum atomic E-state index is -0.504. The van der Waals surface area contributed by atoms with Crippen LogP contribution in [0.2, 0.25) is 5.02 Å². The van der Waals surface area contributed by atoms with Gasteiger partial charge in [-0.15, -0.1) is 11.8 Å². The number of carbonyl (C=O) groups is 3. The van der Waals surface area contributed by atoms with Crippen LogP contribution in [0.3, 0.4) is 0 Å². The summed E-state index contributed by atoms with van der Waals surface area (Å²) in [5.41, 5.74) is 2.38. The number of nitrogens with one attached hydrogen (secondary N) is 3. The number of amides is 3. The molecule has 202 valence electrons. The van der Waals surface area contributed by atoms with Gasteiger partial charge in [0.2, 0.25) is 5.91 Å². The second kappa shape index (κ2) is 14.2. The molecule has 3 N–H and O–H groups in total. The highest BCUT2D eigenvalue weighted by Crippen LogP contribution is 2.27. The van der Waals surface area contributed by atoms with Gasteiger partial charge in [0.05, 0.1) is 5.25 Å². The maximum absolute atomic E-state index is 13.3. The molecule has 40 heavy (non-hydrogen) atoms. The quantitative estimate of drug-likeness (QED) is 0.0972. The number of anilines is 2. The number of rotatable bonds is 9. The number of hydrogen-bond acceptors (Lipinski definition) is 4. The molecule has 0 saturated carbocycles. The Morgan fingerprint density at radius 2 is 1.55 bits per heavy atom. The summed E-state index contributed by atoms with van der Waals surface area (Å²) < 4.78 is 1.09. The van der Waals surface area contributed by atoms with Crippen LogP contribution in [0.15, 0.2) is 114 Å².